The summed E-state index contributed by atoms with van der Waals surface area (Å²) in [6.45, 7) is 7.92. The van der Waals surface area contributed by atoms with Crippen LogP contribution in [0, 0.1) is 11.3 Å². The van der Waals surface area contributed by atoms with Crippen LogP contribution < -0.4 is 4.74 Å². The highest BCUT2D eigenvalue weighted by Crippen LogP contribution is 2.44. The standard InChI is InChI=1S/C20H22N2O4/c1-4-5-8-25-14-10-17(23)22(12-14)18-15-9-13(11-21)6-7-16(15)26-20(2,3)19(18)24/h4,6-7,9-10,18-19,24H,1,5,8,12H2,2-3H3/t18-,19+/m0/s1. The Hall–Kier alpha value is -2.78. The fourth-order valence-electron chi connectivity index (χ4n) is 3.28. The van der Waals surface area contributed by atoms with Crippen molar-refractivity contribution in [3.8, 4) is 11.8 Å². The topological polar surface area (TPSA) is 82.8 Å². The lowest BCUT2D eigenvalue weighted by molar-refractivity contribution is -0.137. The van der Waals surface area contributed by atoms with E-state index >= 15 is 0 Å². The van der Waals surface area contributed by atoms with Crippen LogP contribution in [0.4, 0.5) is 0 Å². The van der Waals surface area contributed by atoms with Crippen LogP contribution in [0.25, 0.3) is 0 Å². The summed E-state index contributed by atoms with van der Waals surface area (Å²) < 4.78 is 11.5. The van der Waals surface area contributed by atoms with Crippen LogP contribution in [0.15, 0.2) is 42.7 Å². The van der Waals surface area contributed by atoms with E-state index in [2.05, 4.69) is 12.6 Å². The maximum absolute atomic E-state index is 12.6. The number of nitriles is 1. The first-order chi connectivity index (χ1) is 12.4. The van der Waals surface area contributed by atoms with Gasteiger partial charge in [0, 0.05) is 11.6 Å². The van der Waals surface area contributed by atoms with Crippen molar-refractivity contribution < 1.29 is 19.4 Å². The first-order valence-electron chi connectivity index (χ1n) is 8.53. The maximum atomic E-state index is 12.6. The van der Waals surface area contributed by atoms with E-state index in [0.717, 1.165) is 0 Å². The quantitative estimate of drug-likeness (QED) is 0.649. The van der Waals surface area contributed by atoms with E-state index < -0.39 is 17.7 Å². The molecule has 0 radical (unpaired) electrons. The van der Waals surface area contributed by atoms with Gasteiger partial charge in [-0.1, -0.05) is 6.08 Å². The average Bonchev–Trinajstić information content (AvgIpc) is 2.96. The molecule has 0 bridgehead atoms. The van der Waals surface area contributed by atoms with E-state index in [0.29, 0.717) is 35.7 Å². The van der Waals surface area contributed by atoms with Gasteiger partial charge in [0.15, 0.2) is 0 Å². The Balaban J connectivity index is 1.93. The lowest BCUT2D eigenvalue weighted by Crippen LogP contribution is -2.54. The Morgan fingerprint density at radius 2 is 2.31 bits per heavy atom. The number of carbonyl (C=O) groups excluding carboxylic acids is 1. The zero-order chi connectivity index (χ0) is 18.9. The molecule has 26 heavy (non-hydrogen) atoms. The molecule has 0 saturated carbocycles. The predicted molar refractivity (Wildman–Crippen MR) is 95.2 cm³/mol. The molecule has 2 aliphatic heterocycles. The van der Waals surface area contributed by atoms with E-state index in [4.69, 9.17) is 9.47 Å². The predicted octanol–water partition coefficient (Wildman–Crippen LogP) is 2.45. The Labute approximate surface area is 152 Å². The highest BCUT2D eigenvalue weighted by molar-refractivity contribution is 5.91. The molecule has 1 amide bonds. The molecule has 2 heterocycles. The largest absolute Gasteiger partial charge is 0.496 e. The van der Waals surface area contributed by atoms with Gasteiger partial charge in [0.1, 0.15) is 23.2 Å². The minimum absolute atomic E-state index is 0.228. The van der Waals surface area contributed by atoms with Crippen molar-refractivity contribution in [3.63, 3.8) is 0 Å². The second-order valence-electron chi connectivity index (χ2n) is 6.96. The van der Waals surface area contributed by atoms with Crippen molar-refractivity contribution in [2.24, 2.45) is 0 Å². The highest BCUT2D eigenvalue weighted by atomic mass is 16.5. The summed E-state index contributed by atoms with van der Waals surface area (Å²) >= 11 is 0. The molecule has 3 rings (SSSR count). The number of hydrogen-bond donors (Lipinski definition) is 1. The molecule has 1 aromatic rings. The van der Waals surface area contributed by atoms with Crippen LogP contribution in [0.5, 0.6) is 5.75 Å². The average molecular weight is 354 g/mol. The number of carbonyl (C=O) groups is 1. The molecule has 1 aromatic carbocycles. The molecule has 136 valence electrons. The number of ether oxygens (including phenoxy) is 2. The summed E-state index contributed by atoms with van der Waals surface area (Å²) in [6, 6.07) is 6.52. The van der Waals surface area contributed by atoms with Gasteiger partial charge < -0.3 is 19.5 Å². The fraction of sp³-hybridized carbons (Fsp3) is 0.400. The van der Waals surface area contributed by atoms with Crippen molar-refractivity contribution in [1.82, 2.24) is 4.90 Å². The molecule has 0 spiro atoms. The fourth-order valence-corrected chi connectivity index (χ4v) is 3.28. The SMILES string of the molecule is C=CCCOC1=CC(=O)N([C@H]2c3cc(C#N)ccc3OC(C)(C)[C@@H]2O)C1. The summed E-state index contributed by atoms with van der Waals surface area (Å²) in [4.78, 5) is 14.1. The van der Waals surface area contributed by atoms with Crippen LogP contribution in [0.3, 0.4) is 0 Å². The maximum Gasteiger partial charge on any atom is 0.251 e. The number of benzene rings is 1. The lowest BCUT2D eigenvalue weighted by atomic mass is 9.85. The van der Waals surface area contributed by atoms with Crippen LogP contribution in [0.1, 0.15) is 37.4 Å². The molecule has 2 atom stereocenters. The van der Waals surface area contributed by atoms with E-state index in [9.17, 15) is 15.2 Å². The third-order valence-corrected chi connectivity index (χ3v) is 4.68. The Kier molecular flexibility index (Phi) is 4.75. The van der Waals surface area contributed by atoms with Crippen molar-refractivity contribution >= 4 is 5.91 Å². The molecule has 6 heteroatoms. The van der Waals surface area contributed by atoms with Crippen molar-refractivity contribution in [3.05, 3.63) is 53.8 Å². The minimum Gasteiger partial charge on any atom is -0.496 e. The first-order valence-corrected chi connectivity index (χ1v) is 8.53. The third-order valence-electron chi connectivity index (χ3n) is 4.68. The molecule has 0 fully saturated rings. The smallest absolute Gasteiger partial charge is 0.251 e. The van der Waals surface area contributed by atoms with Gasteiger partial charge in [-0.3, -0.25) is 4.79 Å². The molecular weight excluding hydrogens is 332 g/mol. The molecule has 0 aromatic heterocycles. The first kappa shape index (κ1) is 18.0. The van der Waals surface area contributed by atoms with Crippen molar-refractivity contribution in [2.75, 3.05) is 13.2 Å². The monoisotopic (exact) mass is 354 g/mol. The number of rotatable bonds is 5. The molecule has 0 saturated heterocycles. The second kappa shape index (κ2) is 6.85. The highest BCUT2D eigenvalue weighted by Gasteiger charge is 2.47. The van der Waals surface area contributed by atoms with Gasteiger partial charge in [0.05, 0.1) is 30.8 Å². The van der Waals surface area contributed by atoms with Gasteiger partial charge in [0.2, 0.25) is 0 Å². The Bertz CT molecular complexity index is 807. The molecular formula is C20H22N2O4. The molecule has 0 aliphatic carbocycles. The Morgan fingerprint density at radius 3 is 3.00 bits per heavy atom. The van der Waals surface area contributed by atoms with Crippen LogP contribution >= 0.6 is 0 Å². The number of aliphatic hydroxyl groups excluding tert-OH is 1. The summed E-state index contributed by atoms with van der Waals surface area (Å²) in [5.74, 6) is 0.901. The van der Waals surface area contributed by atoms with Gasteiger partial charge in [-0.25, -0.2) is 0 Å². The number of amides is 1. The molecule has 1 N–H and O–H groups in total. The summed E-state index contributed by atoms with van der Waals surface area (Å²) in [5.41, 5.74) is 0.203. The van der Waals surface area contributed by atoms with E-state index in [1.807, 2.05) is 0 Å². The van der Waals surface area contributed by atoms with Crippen LogP contribution in [0.2, 0.25) is 0 Å². The number of fused-ring (bicyclic) bond motifs is 1. The number of nitrogens with zero attached hydrogens (tertiary/aromatic N) is 2. The third kappa shape index (κ3) is 3.18. The van der Waals surface area contributed by atoms with Crippen LogP contribution in [-0.2, 0) is 9.53 Å². The Morgan fingerprint density at radius 1 is 1.54 bits per heavy atom. The van der Waals surface area contributed by atoms with Gasteiger partial charge in [-0.15, -0.1) is 6.58 Å². The molecule has 2 aliphatic rings. The lowest BCUT2D eigenvalue weighted by Gasteiger charge is -2.45. The summed E-state index contributed by atoms with van der Waals surface area (Å²) in [5, 5.41) is 20.1. The van der Waals surface area contributed by atoms with Crippen LogP contribution in [-0.4, -0.2) is 40.8 Å². The number of aliphatic hydroxyl groups is 1. The van der Waals surface area contributed by atoms with E-state index in [-0.39, 0.29) is 12.5 Å². The minimum atomic E-state index is -0.950. The summed E-state index contributed by atoms with van der Waals surface area (Å²) in [6.07, 6.45) is 2.94. The normalized spacial score (nSPS) is 23.5. The van der Waals surface area contributed by atoms with Crippen molar-refractivity contribution in [2.45, 2.75) is 38.0 Å². The van der Waals surface area contributed by atoms with E-state index in [1.54, 1.807) is 43.0 Å². The van der Waals surface area contributed by atoms with Gasteiger partial charge in [0.25, 0.3) is 5.91 Å². The van der Waals surface area contributed by atoms with Gasteiger partial charge in [-0.05, 0) is 38.5 Å². The second-order valence-corrected chi connectivity index (χ2v) is 6.96. The summed E-state index contributed by atoms with van der Waals surface area (Å²) in [7, 11) is 0. The van der Waals surface area contributed by atoms with E-state index in [1.165, 1.54) is 6.08 Å². The van der Waals surface area contributed by atoms with Crippen molar-refractivity contribution in [1.29, 1.82) is 5.26 Å². The molecule has 0 unspecified atom stereocenters. The number of hydrogen-bond acceptors (Lipinski definition) is 5. The zero-order valence-corrected chi connectivity index (χ0v) is 14.9. The zero-order valence-electron chi connectivity index (χ0n) is 14.9. The van der Waals surface area contributed by atoms with Gasteiger partial charge in [-0.2, -0.15) is 5.26 Å². The molecule has 6 nitrogen and oxygen atoms in total. The van der Waals surface area contributed by atoms with Gasteiger partial charge >= 0.3 is 0 Å².